The summed E-state index contributed by atoms with van der Waals surface area (Å²) >= 11 is 6.21. The number of unbranched alkanes of at least 4 members (excludes halogenated alkanes) is 1. The third kappa shape index (κ3) is 2.76. The maximum atomic E-state index is 6.21. The lowest BCUT2D eigenvalue weighted by molar-refractivity contribution is 0.388. The van der Waals surface area contributed by atoms with E-state index in [2.05, 4.69) is 24.0 Å². The molecule has 4 nitrogen and oxygen atoms in total. The van der Waals surface area contributed by atoms with Crippen LogP contribution in [-0.2, 0) is 6.54 Å². The van der Waals surface area contributed by atoms with E-state index in [-0.39, 0.29) is 0 Å². The summed E-state index contributed by atoms with van der Waals surface area (Å²) < 4.78 is 2.01. The summed E-state index contributed by atoms with van der Waals surface area (Å²) in [6.07, 6.45) is 2.20. The molecule has 5 heteroatoms. The second-order valence-electron chi connectivity index (χ2n) is 4.74. The second kappa shape index (κ2) is 5.59. The van der Waals surface area contributed by atoms with Crippen LogP contribution in [0.25, 0.3) is 11.0 Å². The fourth-order valence-corrected chi connectivity index (χ4v) is 2.36. The molecule has 0 amide bonds. The molecule has 0 atom stereocenters. The first-order chi connectivity index (χ1) is 8.59. The summed E-state index contributed by atoms with van der Waals surface area (Å²) in [5.41, 5.74) is 7.76. The molecule has 98 valence electrons. The number of nitrogens with zero attached hydrogens (tertiary/aromatic N) is 3. The van der Waals surface area contributed by atoms with E-state index in [1.807, 2.05) is 22.8 Å². The van der Waals surface area contributed by atoms with Gasteiger partial charge in [0.05, 0.1) is 16.1 Å². The Morgan fingerprint density at radius 2 is 2.11 bits per heavy atom. The van der Waals surface area contributed by atoms with Crippen molar-refractivity contribution in [1.29, 1.82) is 0 Å². The zero-order chi connectivity index (χ0) is 13.1. The number of nitrogen functional groups attached to an aromatic ring is 1. The van der Waals surface area contributed by atoms with Gasteiger partial charge < -0.3 is 15.2 Å². The molecule has 0 unspecified atom stereocenters. The molecule has 0 aliphatic rings. The topological polar surface area (TPSA) is 47.1 Å². The van der Waals surface area contributed by atoms with E-state index >= 15 is 0 Å². The molecular formula is C13H19ClN4. The molecule has 1 aromatic carbocycles. The first kappa shape index (κ1) is 13.2. The highest BCUT2D eigenvalue weighted by molar-refractivity contribution is 6.35. The molecule has 0 saturated heterocycles. The van der Waals surface area contributed by atoms with Crippen molar-refractivity contribution >= 4 is 28.6 Å². The van der Waals surface area contributed by atoms with Crippen molar-refractivity contribution < 1.29 is 0 Å². The summed E-state index contributed by atoms with van der Waals surface area (Å²) in [6, 6.07) is 5.71. The smallest absolute Gasteiger partial charge is 0.201 e. The maximum Gasteiger partial charge on any atom is 0.201 e. The van der Waals surface area contributed by atoms with Crippen molar-refractivity contribution in [2.45, 2.75) is 19.4 Å². The summed E-state index contributed by atoms with van der Waals surface area (Å²) in [7, 11) is 4.16. The molecule has 0 aliphatic carbocycles. The average Bonchev–Trinajstić information content (AvgIpc) is 2.62. The van der Waals surface area contributed by atoms with Gasteiger partial charge in [0.2, 0.25) is 5.95 Å². The molecule has 0 radical (unpaired) electrons. The van der Waals surface area contributed by atoms with Crippen LogP contribution < -0.4 is 5.73 Å². The monoisotopic (exact) mass is 266 g/mol. The Morgan fingerprint density at radius 1 is 1.33 bits per heavy atom. The predicted octanol–water partition coefficient (Wildman–Crippen LogP) is 2.61. The Hall–Kier alpha value is -1.26. The number of imidazole rings is 1. The van der Waals surface area contributed by atoms with Crippen LogP contribution in [-0.4, -0.2) is 35.1 Å². The third-order valence-corrected chi connectivity index (χ3v) is 3.29. The van der Waals surface area contributed by atoms with Crippen molar-refractivity contribution in [2.24, 2.45) is 0 Å². The minimum Gasteiger partial charge on any atom is -0.369 e. The Balaban J connectivity index is 2.15. The van der Waals surface area contributed by atoms with Crippen LogP contribution in [0.2, 0.25) is 5.02 Å². The van der Waals surface area contributed by atoms with Gasteiger partial charge in [-0.25, -0.2) is 4.98 Å². The molecule has 0 spiro atoms. The number of hydrogen-bond acceptors (Lipinski definition) is 3. The fourth-order valence-electron chi connectivity index (χ4n) is 2.08. The Labute approximate surface area is 112 Å². The highest BCUT2D eigenvalue weighted by Crippen LogP contribution is 2.25. The Kier molecular flexibility index (Phi) is 4.09. The zero-order valence-electron chi connectivity index (χ0n) is 10.9. The van der Waals surface area contributed by atoms with Crippen molar-refractivity contribution in [1.82, 2.24) is 14.5 Å². The highest BCUT2D eigenvalue weighted by atomic mass is 35.5. The van der Waals surface area contributed by atoms with Gasteiger partial charge in [-0.1, -0.05) is 17.7 Å². The summed E-state index contributed by atoms with van der Waals surface area (Å²) in [5, 5.41) is 0.712. The van der Waals surface area contributed by atoms with Gasteiger partial charge in [0.15, 0.2) is 0 Å². The number of aryl methyl sites for hydroxylation is 1. The molecular weight excluding hydrogens is 248 g/mol. The van der Waals surface area contributed by atoms with Crippen LogP contribution in [0.15, 0.2) is 18.2 Å². The number of fused-ring (bicyclic) bond motifs is 1. The Bertz CT molecular complexity index is 533. The van der Waals surface area contributed by atoms with Crippen LogP contribution in [0.1, 0.15) is 12.8 Å². The molecule has 0 saturated carbocycles. The summed E-state index contributed by atoms with van der Waals surface area (Å²) in [6.45, 7) is 1.94. The molecule has 0 aliphatic heterocycles. The lowest BCUT2D eigenvalue weighted by Gasteiger charge is -2.10. The molecule has 1 aromatic heterocycles. The number of nitrogens with two attached hydrogens (primary N) is 1. The molecule has 2 aromatic rings. The van der Waals surface area contributed by atoms with Crippen molar-refractivity contribution in [3.8, 4) is 0 Å². The average molecular weight is 267 g/mol. The number of halogens is 1. The standard InChI is InChI=1S/C13H19ClN4/c1-17(2)8-3-4-9-18-12-10(14)6-5-7-11(12)16-13(18)15/h5-7H,3-4,8-9H2,1-2H3,(H2,15,16). The quantitative estimate of drug-likeness (QED) is 0.847. The summed E-state index contributed by atoms with van der Waals surface area (Å²) in [4.78, 5) is 6.52. The van der Waals surface area contributed by atoms with Crippen molar-refractivity contribution in [3.05, 3.63) is 23.2 Å². The molecule has 1 heterocycles. The summed E-state index contributed by atoms with van der Waals surface area (Å²) in [5.74, 6) is 0.544. The van der Waals surface area contributed by atoms with E-state index in [9.17, 15) is 0 Å². The third-order valence-electron chi connectivity index (χ3n) is 2.98. The fraction of sp³-hybridized carbons (Fsp3) is 0.462. The van der Waals surface area contributed by atoms with Gasteiger partial charge in [0.25, 0.3) is 0 Å². The van der Waals surface area contributed by atoms with Crippen LogP contribution >= 0.6 is 11.6 Å². The van der Waals surface area contributed by atoms with E-state index in [0.717, 1.165) is 37.0 Å². The van der Waals surface area contributed by atoms with Gasteiger partial charge in [0.1, 0.15) is 0 Å². The van der Waals surface area contributed by atoms with Crippen LogP contribution in [0.4, 0.5) is 5.95 Å². The number of aromatic nitrogens is 2. The molecule has 2 N–H and O–H groups in total. The molecule has 0 fully saturated rings. The maximum absolute atomic E-state index is 6.21. The number of anilines is 1. The van der Waals surface area contributed by atoms with Crippen molar-refractivity contribution in [2.75, 3.05) is 26.4 Å². The molecule has 0 bridgehead atoms. The van der Waals surface area contributed by atoms with Gasteiger partial charge in [-0.3, -0.25) is 0 Å². The first-order valence-electron chi connectivity index (χ1n) is 6.14. The predicted molar refractivity (Wildman–Crippen MR) is 76.9 cm³/mol. The number of rotatable bonds is 5. The van der Waals surface area contributed by atoms with Crippen LogP contribution in [0.3, 0.4) is 0 Å². The number of para-hydroxylation sites is 1. The van der Waals surface area contributed by atoms with E-state index in [1.54, 1.807) is 0 Å². The number of hydrogen-bond donors (Lipinski definition) is 1. The lowest BCUT2D eigenvalue weighted by atomic mass is 10.2. The molecule has 18 heavy (non-hydrogen) atoms. The van der Waals surface area contributed by atoms with E-state index < -0.39 is 0 Å². The second-order valence-corrected chi connectivity index (χ2v) is 5.15. The normalized spacial score (nSPS) is 11.6. The van der Waals surface area contributed by atoms with Crippen molar-refractivity contribution in [3.63, 3.8) is 0 Å². The van der Waals surface area contributed by atoms with Gasteiger partial charge in [-0.15, -0.1) is 0 Å². The minimum absolute atomic E-state index is 0.544. The lowest BCUT2D eigenvalue weighted by Crippen LogP contribution is -2.13. The highest BCUT2D eigenvalue weighted by Gasteiger charge is 2.10. The SMILES string of the molecule is CN(C)CCCCn1c(N)nc2cccc(Cl)c21. The van der Waals surface area contributed by atoms with E-state index in [0.29, 0.717) is 11.0 Å². The minimum atomic E-state index is 0.544. The largest absolute Gasteiger partial charge is 0.369 e. The zero-order valence-corrected chi connectivity index (χ0v) is 11.6. The first-order valence-corrected chi connectivity index (χ1v) is 6.52. The van der Waals surface area contributed by atoms with Gasteiger partial charge in [-0.2, -0.15) is 0 Å². The van der Waals surface area contributed by atoms with Crippen LogP contribution in [0.5, 0.6) is 0 Å². The van der Waals surface area contributed by atoms with Gasteiger partial charge in [-0.05, 0) is 45.6 Å². The van der Waals surface area contributed by atoms with Gasteiger partial charge in [0, 0.05) is 6.54 Å². The number of benzene rings is 1. The molecule has 2 rings (SSSR count). The van der Waals surface area contributed by atoms with Crippen LogP contribution in [0, 0.1) is 0 Å². The van der Waals surface area contributed by atoms with Gasteiger partial charge >= 0.3 is 0 Å². The van der Waals surface area contributed by atoms with E-state index in [4.69, 9.17) is 17.3 Å². The Morgan fingerprint density at radius 3 is 2.83 bits per heavy atom. The van der Waals surface area contributed by atoms with E-state index in [1.165, 1.54) is 0 Å².